The molecule has 124 valence electrons. The molecule has 4 heteroatoms. The lowest BCUT2D eigenvalue weighted by Gasteiger charge is -2.42. The fourth-order valence-electron chi connectivity index (χ4n) is 4.73. The maximum atomic E-state index is 11.5. The molecule has 0 bridgehead atoms. The fraction of sp³-hybridized carbons (Fsp3) is 0.889. The summed E-state index contributed by atoms with van der Waals surface area (Å²) in [6.07, 6.45) is 12.1. The van der Waals surface area contributed by atoms with Gasteiger partial charge in [0, 0.05) is 0 Å². The third kappa shape index (κ3) is 2.94. The molecule has 0 amide bonds. The molecule has 2 aliphatic rings. The van der Waals surface area contributed by atoms with Gasteiger partial charge in [-0.1, -0.05) is 46.5 Å². The minimum absolute atomic E-state index is 0.0500. The number of rotatable bonds is 4. The molecule has 4 nitrogen and oxygen atoms in total. The van der Waals surface area contributed by atoms with Gasteiger partial charge in [-0.25, -0.2) is 4.98 Å². The first-order valence-electron chi connectivity index (χ1n) is 8.95. The molecule has 1 N–H and O–H groups in total. The van der Waals surface area contributed by atoms with Gasteiger partial charge in [-0.15, -0.1) is 0 Å². The van der Waals surface area contributed by atoms with Crippen molar-refractivity contribution in [2.24, 2.45) is 23.2 Å². The monoisotopic (exact) mass is 305 g/mol. The van der Waals surface area contributed by atoms with Crippen molar-refractivity contribution in [1.29, 1.82) is 0 Å². The minimum atomic E-state index is -0.663. The van der Waals surface area contributed by atoms with Crippen LogP contribution in [0.4, 0.5) is 0 Å². The molecule has 3 rings (SSSR count). The van der Waals surface area contributed by atoms with Gasteiger partial charge in [0.15, 0.2) is 0 Å². The highest BCUT2D eigenvalue weighted by Crippen LogP contribution is 2.53. The number of aromatic nitrogens is 3. The summed E-state index contributed by atoms with van der Waals surface area (Å²) < 4.78 is 1.81. The summed E-state index contributed by atoms with van der Waals surface area (Å²) in [5.74, 6) is 2.09. The molecule has 2 atom stereocenters. The van der Waals surface area contributed by atoms with Crippen molar-refractivity contribution in [2.75, 3.05) is 0 Å². The lowest BCUT2D eigenvalue weighted by molar-refractivity contribution is -0.0969. The van der Waals surface area contributed by atoms with Gasteiger partial charge in [-0.05, 0) is 42.4 Å². The van der Waals surface area contributed by atoms with Crippen LogP contribution in [0.25, 0.3) is 0 Å². The van der Waals surface area contributed by atoms with Crippen LogP contribution in [0.5, 0.6) is 0 Å². The highest BCUT2D eigenvalue weighted by atomic mass is 16.3. The molecule has 2 aliphatic carbocycles. The normalized spacial score (nSPS) is 38.3. The van der Waals surface area contributed by atoms with E-state index in [9.17, 15) is 5.11 Å². The van der Waals surface area contributed by atoms with Gasteiger partial charge in [-0.2, -0.15) is 5.10 Å². The van der Waals surface area contributed by atoms with E-state index in [-0.39, 0.29) is 5.41 Å². The quantitative estimate of drug-likeness (QED) is 0.923. The SMILES string of the molecule is CC1CCC(CC2CCC(C)(C)C2(O)Cn2cncn2)CC1. The zero-order valence-electron chi connectivity index (χ0n) is 14.3. The van der Waals surface area contributed by atoms with Gasteiger partial charge >= 0.3 is 0 Å². The van der Waals surface area contributed by atoms with E-state index in [1.165, 1.54) is 32.1 Å². The minimum Gasteiger partial charge on any atom is -0.387 e. The predicted molar refractivity (Wildman–Crippen MR) is 87.2 cm³/mol. The van der Waals surface area contributed by atoms with E-state index in [0.717, 1.165) is 24.7 Å². The Kier molecular flexibility index (Phi) is 4.32. The smallest absolute Gasteiger partial charge is 0.137 e. The summed E-state index contributed by atoms with van der Waals surface area (Å²) in [7, 11) is 0. The number of hydrogen-bond acceptors (Lipinski definition) is 3. The molecule has 0 saturated heterocycles. The van der Waals surface area contributed by atoms with E-state index < -0.39 is 5.60 Å². The van der Waals surface area contributed by atoms with Crippen molar-refractivity contribution in [1.82, 2.24) is 14.8 Å². The van der Waals surface area contributed by atoms with Crippen molar-refractivity contribution in [3.8, 4) is 0 Å². The van der Waals surface area contributed by atoms with Crippen LogP contribution in [-0.2, 0) is 6.54 Å². The van der Waals surface area contributed by atoms with Crippen LogP contribution in [0, 0.1) is 23.2 Å². The highest BCUT2D eigenvalue weighted by Gasteiger charge is 2.54. The van der Waals surface area contributed by atoms with Crippen molar-refractivity contribution in [2.45, 2.75) is 77.9 Å². The van der Waals surface area contributed by atoms with Gasteiger partial charge < -0.3 is 5.11 Å². The van der Waals surface area contributed by atoms with Crippen LogP contribution >= 0.6 is 0 Å². The first-order valence-corrected chi connectivity index (χ1v) is 8.95. The summed E-state index contributed by atoms with van der Waals surface area (Å²) in [5, 5.41) is 15.8. The van der Waals surface area contributed by atoms with Crippen molar-refractivity contribution in [3.05, 3.63) is 12.7 Å². The molecule has 2 unspecified atom stereocenters. The van der Waals surface area contributed by atoms with E-state index in [4.69, 9.17) is 0 Å². The molecule has 2 saturated carbocycles. The Labute approximate surface area is 134 Å². The summed E-state index contributed by atoms with van der Waals surface area (Å²) in [5.41, 5.74) is -0.713. The number of aliphatic hydroxyl groups is 1. The van der Waals surface area contributed by atoms with Gasteiger partial charge in [-0.3, -0.25) is 4.68 Å². The Morgan fingerprint density at radius 1 is 1.18 bits per heavy atom. The average Bonchev–Trinajstić information content (AvgIpc) is 3.04. The average molecular weight is 305 g/mol. The molecular formula is C18H31N3O. The Hall–Kier alpha value is -0.900. The highest BCUT2D eigenvalue weighted by molar-refractivity contribution is 5.04. The molecule has 1 aromatic heterocycles. The largest absolute Gasteiger partial charge is 0.387 e. The van der Waals surface area contributed by atoms with Crippen LogP contribution < -0.4 is 0 Å². The van der Waals surface area contributed by atoms with E-state index in [0.29, 0.717) is 12.5 Å². The Morgan fingerprint density at radius 2 is 1.91 bits per heavy atom. The molecular weight excluding hydrogens is 274 g/mol. The maximum Gasteiger partial charge on any atom is 0.137 e. The lowest BCUT2D eigenvalue weighted by atomic mass is 9.70. The predicted octanol–water partition coefficient (Wildman–Crippen LogP) is 3.66. The maximum absolute atomic E-state index is 11.5. The second-order valence-electron chi connectivity index (χ2n) is 8.50. The zero-order chi connectivity index (χ0) is 15.8. The van der Waals surface area contributed by atoms with Gasteiger partial charge in [0.05, 0.1) is 12.1 Å². The van der Waals surface area contributed by atoms with Gasteiger partial charge in [0.25, 0.3) is 0 Å². The standard InChI is InChI=1S/C18H31N3O/c1-14-4-6-15(7-5-14)10-16-8-9-17(2,3)18(16,22)11-21-13-19-12-20-21/h12-16,22H,4-11H2,1-3H3. The topological polar surface area (TPSA) is 50.9 Å². The van der Waals surface area contributed by atoms with Crippen LogP contribution in [-0.4, -0.2) is 25.5 Å². The third-order valence-electron chi connectivity index (χ3n) is 6.59. The van der Waals surface area contributed by atoms with E-state index >= 15 is 0 Å². The summed E-state index contributed by atoms with van der Waals surface area (Å²) >= 11 is 0. The van der Waals surface area contributed by atoms with Crippen LogP contribution in [0.3, 0.4) is 0 Å². The Balaban J connectivity index is 1.72. The molecule has 2 fully saturated rings. The lowest BCUT2D eigenvalue weighted by Crippen LogP contribution is -2.49. The number of hydrogen-bond donors (Lipinski definition) is 1. The molecule has 22 heavy (non-hydrogen) atoms. The van der Waals surface area contributed by atoms with Crippen molar-refractivity contribution < 1.29 is 5.11 Å². The Bertz CT molecular complexity index is 477. The van der Waals surface area contributed by atoms with Crippen molar-refractivity contribution >= 4 is 0 Å². The third-order valence-corrected chi connectivity index (χ3v) is 6.59. The Morgan fingerprint density at radius 3 is 2.55 bits per heavy atom. The molecule has 0 spiro atoms. The van der Waals surface area contributed by atoms with E-state index in [1.54, 1.807) is 12.7 Å². The van der Waals surface area contributed by atoms with Gasteiger partial charge in [0.2, 0.25) is 0 Å². The molecule has 0 aliphatic heterocycles. The van der Waals surface area contributed by atoms with Crippen LogP contribution in [0.2, 0.25) is 0 Å². The van der Waals surface area contributed by atoms with E-state index in [1.807, 2.05) is 4.68 Å². The fourth-order valence-corrected chi connectivity index (χ4v) is 4.73. The first-order chi connectivity index (χ1) is 10.4. The zero-order valence-corrected chi connectivity index (χ0v) is 14.3. The second kappa shape index (κ2) is 5.95. The molecule has 1 heterocycles. The van der Waals surface area contributed by atoms with Crippen LogP contribution in [0.15, 0.2) is 12.7 Å². The molecule has 0 radical (unpaired) electrons. The molecule has 0 aromatic carbocycles. The summed E-state index contributed by atoms with van der Waals surface area (Å²) in [6.45, 7) is 7.38. The summed E-state index contributed by atoms with van der Waals surface area (Å²) in [6, 6.07) is 0. The van der Waals surface area contributed by atoms with Crippen LogP contribution in [0.1, 0.15) is 65.7 Å². The number of nitrogens with zero attached hydrogens (tertiary/aromatic N) is 3. The molecule has 1 aromatic rings. The first kappa shape index (κ1) is 16.0. The van der Waals surface area contributed by atoms with Gasteiger partial charge in [0.1, 0.15) is 12.7 Å². The second-order valence-corrected chi connectivity index (χ2v) is 8.50. The summed E-state index contributed by atoms with van der Waals surface area (Å²) in [4.78, 5) is 4.03. The van der Waals surface area contributed by atoms with Crippen molar-refractivity contribution in [3.63, 3.8) is 0 Å². The van der Waals surface area contributed by atoms with E-state index in [2.05, 4.69) is 30.9 Å².